The summed E-state index contributed by atoms with van der Waals surface area (Å²) < 4.78 is 1.07. The molecule has 0 spiro atoms. The van der Waals surface area contributed by atoms with Gasteiger partial charge in [0.05, 0.1) is 0 Å². The predicted octanol–water partition coefficient (Wildman–Crippen LogP) is 2.42. The molecule has 2 unspecified atom stereocenters. The molecule has 1 saturated heterocycles. The molecule has 0 aromatic heterocycles. The van der Waals surface area contributed by atoms with Crippen molar-refractivity contribution >= 4 is 21.8 Å². The molecule has 1 fully saturated rings. The third-order valence-electron chi connectivity index (χ3n) is 4.41. The van der Waals surface area contributed by atoms with Gasteiger partial charge in [0.2, 0.25) is 5.91 Å². The smallest absolute Gasteiger partial charge is 0.220 e. The van der Waals surface area contributed by atoms with Crippen molar-refractivity contribution < 1.29 is 4.79 Å². The highest BCUT2D eigenvalue weighted by Gasteiger charge is 2.31. The fourth-order valence-corrected chi connectivity index (χ4v) is 3.34. The lowest BCUT2D eigenvalue weighted by Gasteiger charge is -2.39. The van der Waals surface area contributed by atoms with Crippen molar-refractivity contribution in [2.24, 2.45) is 17.4 Å². The zero-order chi connectivity index (χ0) is 15.4. The number of piperidine rings is 1. The number of halogens is 1. The van der Waals surface area contributed by atoms with Gasteiger partial charge in [0.1, 0.15) is 0 Å². The Kier molecular flexibility index (Phi) is 5.79. The van der Waals surface area contributed by atoms with Crippen molar-refractivity contribution in [3.05, 3.63) is 34.3 Å². The molecule has 0 saturated carbocycles. The van der Waals surface area contributed by atoms with E-state index in [0.29, 0.717) is 0 Å². The Morgan fingerprint density at radius 2 is 1.90 bits per heavy atom. The molecule has 21 heavy (non-hydrogen) atoms. The molecule has 0 bridgehead atoms. The first-order valence-electron chi connectivity index (χ1n) is 7.57. The first-order valence-corrected chi connectivity index (χ1v) is 8.36. The third-order valence-corrected chi connectivity index (χ3v) is 4.94. The molecular formula is C16H24BrN3O. The van der Waals surface area contributed by atoms with Gasteiger partial charge in [-0.3, -0.25) is 9.69 Å². The number of benzene rings is 1. The fraction of sp³-hybridized carbons (Fsp3) is 0.562. The predicted molar refractivity (Wildman–Crippen MR) is 88.6 cm³/mol. The second kappa shape index (κ2) is 7.38. The topological polar surface area (TPSA) is 72.3 Å². The number of primary amides is 1. The lowest BCUT2D eigenvalue weighted by atomic mass is 9.90. The number of rotatable bonds is 5. The number of nitrogens with zero attached hydrogens (tertiary/aromatic N) is 1. The van der Waals surface area contributed by atoms with E-state index >= 15 is 0 Å². The van der Waals surface area contributed by atoms with Crippen LogP contribution in [0.1, 0.15) is 37.8 Å². The van der Waals surface area contributed by atoms with E-state index in [9.17, 15) is 4.79 Å². The van der Waals surface area contributed by atoms with Crippen LogP contribution in [0.4, 0.5) is 0 Å². The first kappa shape index (κ1) is 16.5. The molecule has 4 N–H and O–H groups in total. The van der Waals surface area contributed by atoms with Crippen LogP contribution in [0.5, 0.6) is 0 Å². The molecule has 1 aromatic carbocycles. The summed E-state index contributed by atoms with van der Waals surface area (Å²) in [7, 11) is 0. The lowest BCUT2D eigenvalue weighted by molar-refractivity contribution is -0.123. The molecule has 4 nitrogen and oxygen atoms in total. The largest absolute Gasteiger partial charge is 0.369 e. The molecular weight excluding hydrogens is 330 g/mol. The van der Waals surface area contributed by atoms with E-state index in [1.165, 1.54) is 5.56 Å². The minimum Gasteiger partial charge on any atom is -0.369 e. The fourth-order valence-electron chi connectivity index (χ4n) is 3.07. The Hall–Kier alpha value is -0.910. The van der Waals surface area contributed by atoms with Crippen LogP contribution in [0.25, 0.3) is 0 Å². The van der Waals surface area contributed by atoms with Crippen LogP contribution in [0, 0.1) is 5.92 Å². The van der Waals surface area contributed by atoms with E-state index in [0.717, 1.165) is 36.8 Å². The van der Waals surface area contributed by atoms with Crippen LogP contribution in [-0.4, -0.2) is 29.9 Å². The summed E-state index contributed by atoms with van der Waals surface area (Å²) in [5.74, 6) is -0.153. The third kappa shape index (κ3) is 4.05. The minimum atomic E-state index is -0.172. The molecule has 5 heteroatoms. The normalized spacial score (nSPS) is 20.1. The highest BCUT2D eigenvalue weighted by molar-refractivity contribution is 9.10. The average Bonchev–Trinajstić information content (AvgIpc) is 2.49. The van der Waals surface area contributed by atoms with Crippen molar-refractivity contribution in [3.63, 3.8) is 0 Å². The number of nitrogens with two attached hydrogens (primary N) is 2. The Morgan fingerprint density at radius 1 is 1.33 bits per heavy atom. The Bertz CT molecular complexity index is 469. The van der Waals surface area contributed by atoms with Gasteiger partial charge >= 0.3 is 0 Å². The van der Waals surface area contributed by atoms with Crippen molar-refractivity contribution in [2.75, 3.05) is 13.1 Å². The maximum Gasteiger partial charge on any atom is 0.220 e. The van der Waals surface area contributed by atoms with Crippen LogP contribution >= 0.6 is 15.9 Å². The van der Waals surface area contributed by atoms with Gasteiger partial charge in [-0.15, -0.1) is 0 Å². The highest BCUT2D eigenvalue weighted by Crippen LogP contribution is 2.30. The highest BCUT2D eigenvalue weighted by atomic mass is 79.9. The van der Waals surface area contributed by atoms with Gasteiger partial charge in [-0.2, -0.15) is 0 Å². The standard InChI is InChI=1S/C16H24BrN3O/c1-2-14(18)15(11-3-5-13(17)6-4-11)20-9-7-12(8-10-20)16(19)21/h3-6,12,14-15H,2,7-10,18H2,1H3,(H2,19,21). The molecule has 1 aliphatic rings. The van der Waals surface area contributed by atoms with Crippen LogP contribution in [0.3, 0.4) is 0 Å². The van der Waals surface area contributed by atoms with Gasteiger partial charge in [-0.25, -0.2) is 0 Å². The van der Waals surface area contributed by atoms with Gasteiger partial charge in [0.25, 0.3) is 0 Å². The maximum atomic E-state index is 11.3. The molecule has 0 radical (unpaired) electrons. The van der Waals surface area contributed by atoms with Crippen molar-refractivity contribution in [2.45, 2.75) is 38.3 Å². The minimum absolute atomic E-state index is 0.0182. The van der Waals surface area contributed by atoms with E-state index in [1.54, 1.807) is 0 Å². The van der Waals surface area contributed by atoms with E-state index in [4.69, 9.17) is 11.5 Å². The second-order valence-electron chi connectivity index (χ2n) is 5.78. The molecule has 1 amide bonds. The molecule has 2 rings (SSSR count). The molecule has 0 aliphatic carbocycles. The summed E-state index contributed by atoms with van der Waals surface area (Å²) >= 11 is 3.47. The molecule has 116 valence electrons. The molecule has 1 aliphatic heterocycles. The Labute approximate surface area is 135 Å². The van der Waals surface area contributed by atoms with E-state index < -0.39 is 0 Å². The molecule has 1 heterocycles. The summed E-state index contributed by atoms with van der Waals surface area (Å²) in [6, 6.07) is 8.67. The summed E-state index contributed by atoms with van der Waals surface area (Å²) in [6.45, 7) is 3.87. The Balaban J connectivity index is 2.14. The van der Waals surface area contributed by atoms with Crippen LogP contribution in [0.2, 0.25) is 0 Å². The summed E-state index contributed by atoms with van der Waals surface area (Å²) in [4.78, 5) is 13.7. The molecule has 2 atom stereocenters. The van der Waals surface area contributed by atoms with Crippen molar-refractivity contribution in [3.8, 4) is 0 Å². The van der Waals surface area contributed by atoms with Gasteiger partial charge in [0.15, 0.2) is 0 Å². The van der Waals surface area contributed by atoms with Crippen LogP contribution in [0.15, 0.2) is 28.7 Å². The lowest BCUT2D eigenvalue weighted by Crippen LogP contribution is -2.46. The van der Waals surface area contributed by atoms with Gasteiger partial charge in [-0.05, 0) is 50.0 Å². The Morgan fingerprint density at radius 3 is 2.38 bits per heavy atom. The zero-order valence-electron chi connectivity index (χ0n) is 12.5. The van der Waals surface area contributed by atoms with Gasteiger partial charge in [-0.1, -0.05) is 35.0 Å². The quantitative estimate of drug-likeness (QED) is 0.853. The van der Waals surface area contributed by atoms with Gasteiger partial charge in [0, 0.05) is 22.5 Å². The van der Waals surface area contributed by atoms with Crippen molar-refractivity contribution in [1.82, 2.24) is 4.90 Å². The first-order chi connectivity index (χ1) is 10.0. The second-order valence-corrected chi connectivity index (χ2v) is 6.70. The number of hydrogen-bond acceptors (Lipinski definition) is 3. The van der Waals surface area contributed by atoms with Crippen LogP contribution < -0.4 is 11.5 Å². The number of carbonyl (C=O) groups is 1. The maximum absolute atomic E-state index is 11.3. The zero-order valence-corrected chi connectivity index (χ0v) is 14.1. The summed E-state index contributed by atoms with van der Waals surface area (Å²) in [5.41, 5.74) is 13.0. The number of carbonyl (C=O) groups excluding carboxylic acids is 1. The summed E-state index contributed by atoms with van der Waals surface area (Å²) in [6.07, 6.45) is 2.59. The van der Waals surface area contributed by atoms with Gasteiger partial charge < -0.3 is 11.5 Å². The monoisotopic (exact) mass is 353 g/mol. The molecule has 1 aromatic rings. The number of likely N-dealkylation sites (tertiary alicyclic amines) is 1. The SMILES string of the molecule is CCC(N)C(c1ccc(Br)cc1)N1CCC(C(N)=O)CC1. The van der Waals surface area contributed by atoms with E-state index in [-0.39, 0.29) is 23.9 Å². The van der Waals surface area contributed by atoms with Crippen LogP contribution in [-0.2, 0) is 4.79 Å². The average molecular weight is 354 g/mol. The summed E-state index contributed by atoms with van der Waals surface area (Å²) in [5, 5.41) is 0. The number of amides is 1. The van der Waals surface area contributed by atoms with E-state index in [2.05, 4.69) is 52.0 Å². The van der Waals surface area contributed by atoms with E-state index in [1.807, 2.05) is 0 Å². The number of hydrogen-bond donors (Lipinski definition) is 2. The van der Waals surface area contributed by atoms with Crippen molar-refractivity contribution in [1.29, 1.82) is 0 Å².